The Labute approximate surface area is 177 Å². The molecule has 1 amide bonds. The van der Waals surface area contributed by atoms with Gasteiger partial charge >= 0.3 is 0 Å². The van der Waals surface area contributed by atoms with Gasteiger partial charge in [0, 0.05) is 57.6 Å². The molecule has 3 rings (SSSR count). The number of hydrogen-bond donors (Lipinski definition) is 2. The van der Waals surface area contributed by atoms with Crippen molar-refractivity contribution in [3.05, 3.63) is 47.9 Å². The van der Waals surface area contributed by atoms with E-state index in [2.05, 4.69) is 37.6 Å². The maximum atomic E-state index is 12.0. The van der Waals surface area contributed by atoms with Gasteiger partial charge in [-0.2, -0.15) is 0 Å². The van der Waals surface area contributed by atoms with Crippen molar-refractivity contribution >= 4 is 17.6 Å². The van der Waals surface area contributed by atoms with Crippen molar-refractivity contribution in [3.63, 3.8) is 0 Å². The number of anilines is 1. The summed E-state index contributed by atoms with van der Waals surface area (Å²) < 4.78 is 10.4. The van der Waals surface area contributed by atoms with Gasteiger partial charge in [0.05, 0.1) is 13.4 Å². The number of benzene rings is 1. The topological polar surface area (TPSA) is 82.3 Å². The van der Waals surface area contributed by atoms with Crippen LogP contribution in [0.15, 0.2) is 46.0 Å². The van der Waals surface area contributed by atoms with Crippen molar-refractivity contribution in [2.45, 2.75) is 13.3 Å². The van der Waals surface area contributed by atoms with Crippen LogP contribution in [-0.4, -0.2) is 70.2 Å². The highest BCUT2D eigenvalue weighted by Gasteiger charge is 2.19. The first kappa shape index (κ1) is 21.5. The molecule has 30 heavy (non-hydrogen) atoms. The summed E-state index contributed by atoms with van der Waals surface area (Å²) in [6.45, 7) is 6.85. The minimum atomic E-state index is -0.170. The summed E-state index contributed by atoms with van der Waals surface area (Å²) in [5.74, 6) is 1.99. The average molecular weight is 414 g/mol. The summed E-state index contributed by atoms with van der Waals surface area (Å²) in [5, 5.41) is 6.28. The molecule has 8 nitrogen and oxygen atoms in total. The lowest BCUT2D eigenvalue weighted by molar-refractivity contribution is 0.0925. The second kappa shape index (κ2) is 10.6. The Kier molecular flexibility index (Phi) is 7.59. The lowest BCUT2D eigenvalue weighted by atomic mass is 10.2. The molecule has 0 bridgehead atoms. The molecule has 1 aromatic heterocycles. The fraction of sp³-hybridized carbons (Fsp3) is 0.455. The second-order valence-electron chi connectivity index (χ2n) is 7.19. The monoisotopic (exact) mass is 413 g/mol. The van der Waals surface area contributed by atoms with Crippen molar-refractivity contribution in [1.82, 2.24) is 15.5 Å². The minimum absolute atomic E-state index is 0.170. The van der Waals surface area contributed by atoms with E-state index in [4.69, 9.17) is 9.15 Å². The number of rotatable bonds is 7. The molecule has 0 unspecified atom stereocenters. The summed E-state index contributed by atoms with van der Waals surface area (Å²) in [6.07, 6.45) is 2.33. The molecule has 1 fully saturated rings. The average Bonchev–Trinajstić information content (AvgIpc) is 3.22. The van der Waals surface area contributed by atoms with Crippen molar-refractivity contribution < 1.29 is 13.9 Å². The third kappa shape index (κ3) is 5.46. The van der Waals surface area contributed by atoms with E-state index in [9.17, 15) is 4.79 Å². The molecule has 8 heteroatoms. The molecule has 1 aromatic carbocycles. The molecule has 1 saturated heterocycles. The van der Waals surface area contributed by atoms with E-state index < -0.39 is 0 Å². The lowest BCUT2D eigenvalue weighted by Crippen LogP contribution is -2.52. The molecule has 1 aliphatic rings. The zero-order valence-electron chi connectivity index (χ0n) is 18.0. The van der Waals surface area contributed by atoms with Crippen LogP contribution in [0.5, 0.6) is 5.75 Å². The SMILES string of the molecule is CN=C(NCCCNC(=O)c1occc1C)N1CCN(c2ccc(OC)cc2)CC1. The molecule has 2 heterocycles. The van der Waals surface area contributed by atoms with Gasteiger partial charge in [0.2, 0.25) is 0 Å². The van der Waals surface area contributed by atoms with Crippen LogP contribution in [0, 0.1) is 6.92 Å². The van der Waals surface area contributed by atoms with Gasteiger partial charge in [-0.05, 0) is 43.7 Å². The molecular weight excluding hydrogens is 382 g/mol. The maximum Gasteiger partial charge on any atom is 0.287 e. The van der Waals surface area contributed by atoms with Crippen LogP contribution in [-0.2, 0) is 0 Å². The van der Waals surface area contributed by atoms with Crippen molar-refractivity contribution in [2.24, 2.45) is 4.99 Å². The van der Waals surface area contributed by atoms with Crippen LogP contribution < -0.4 is 20.3 Å². The number of aliphatic imine (C=N–C) groups is 1. The number of carbonyl (C=O) groups is 1. The zero-order valence-corrected chi connectivity index (χ0v) is 18.0. The van der Waals surface area contributed by atoms with Crippen LogP contribution in [0.1, 0.15) is 22.5 Å². The van der Waals surface area contributed by atoms with Crippen LogP contribution in [0.2, 0.25) is 0 Å². The summed E-state index contributed by atoms with van der Waals surface area (Å²) in [6, 6.07) is 9.97. The smallest absolute Gasteiger partial charge is 0.287 e. The Hall–Kier alpha value is -3.16. The van der Waals surface area contributed by atoms with E-state index in [1.165, 1.54) is 12.0 Å². The first-order valence-corrected chi connectivity index (χ1v) is 10.3. The van der Waals surface area contributed by atoms with Gasteiger partial charge in [-0.1, -0.05) is 0 Å². The molecule has 162 valence electrons. The fourth-order valence-corrected chi connectivity index (χ4v) is 3.48. The minimum Gasteiger partial charge on any atom is -0.497 e. The van der Waals surface area contributed by atoms with Gasteiger partial charge in [0.25, 0.3) is 5.91 Å². The van der Waals surface area contributed by atoms with Gasteiger partial charge in [-0.15, -0.1) is 0 Å². The number of piperazine rings is 1. The molecule has 0 radical (unpaired) electrons. The van der Waals surface area contributed by atoms with Crippen molar-refractivity contribution in [3.8, 4) is 5.75 Å². The quantitative estimate of drug-likeness (QED) is 0.411. The summed E-state index contributed by atoms with van der Waals surface area (Å²) in [7, 11) is 3.49. The molecule has 1 aliphatic heterocycles. The summed E-state index contributed by atoms with van der Waals surface area (Å²) >= 11 is 0. The van der Waals surface area contributed by atoms with E-state index >= 15 is 0 Å². The highest BCUT2D eigenvalue weighted by molar-refractivity contribution is 5.92. The number of amides is 1. The summed E-state index contributed by atoms with van der Waals surface area (Å²) in [4.78, 5) is 21.1. The summed E-state index contributed by atoms with van der Waals surface area (Å²) in [5.41, 5.74) is 2.06. The van der Waals surface area contributed by atoms with Gasteiger partial charge in [-0.3, -0.25) is 9.79 Å². The van der Waals surface area contributed by atoms with E-state index in [0.29, 0.717) is 12.3 Å². The molecule has 0 atom stereocenters. The molecule has 2 N–H and O–H groups in total. The van der Waals surface area contributed by atoms with Crippen LogP contribution in [0.25, 0.3) is 0 Å². The van der Waals surface area contributed by atoms with Gasteiger partial charge in [-0.25, -0.2) is 0 Å². The van der Waals surface area contributed by atoms with Gasteiger partial charge < -0.3 is 29.6 Å². The van der Waals surface area contributed by atoms with E-state index in [0.717, 1.165) is 56.4 Å². The second-order valence-corrected chi connectivity index (χ2v) is 7.19. The number of nitrogens with one attached hydrogen (secondary N) is 2. The van der Waals surface area contributed by atoms with E-state index in [-0.39, 0.29) is 5.91 Å². The lowest BCUT2D eigenvalue weighted by Gasteiger charge is -2.37. The first-order valence-electron chi connectivity index (χ1n) is 10.3. The standard InChI is InChI=1S/C22H31N5O3/c1-17-9-16-30-20(17)21(28)24-10-4-11-25-22(23-2)27-14-12-26(13-15-27)18-5-7-19(29-3)8-6-18/h5-9,16H,4,10-15H2,1-3H3,(H,23,25)(H,24,28). The van der Waals surface area contributed by atoms with Crippen LogP contribution in [0.3, 0.4) is 0 Å². The van der Waals surface area contributed by atoms with E-state index in [1.54, 1.807) is 20.2 Å². The van der Waals surface area contributed by atoms with Crippen molar-refractivity contribution in [1.29, 1.82) is 0 Å². The number of furan rings is 1. The third-order valence-electron chi connectivity index (χ3n) is 5.22. The Balaban J connectivity index is 1.37. The fourth-order valence-electron chi connectivity index (χ4n) is 3.48. The van der Waals surface area contributed by atoms with Gasteiger partial charge in [0.1, 0.15) is 5.75 Å². The molecule has 2 aromatic rings. The highest BCUT2D eigenvalue weighted by atomic mass is 16.5. The Bertz CT molecular complexity index is 839. The Morgan fingerprint density at radius 2 is 1.80 bits per heavy atom. The maximum absolute atomic E-state index is 12.0. The number of carbonyl (C=O) groups excluding carboxylic acids is 1. The van der Waals surface area contributed by atoms with E-state index in [1.807, 2.05) is 19.1 Å². The molecular formula is C22H31N5O3. The van der Waals surface area contributed by atoms with Crippen molar-refractivity contribution in [2.75, 3.05) is 58.3 Å². The molecule has 0 spiro atoms. The highest BCUT2D eigenvalue weighted by Crippen LogP contribution is 2.20. The Morgan fingerprint density at radius 3 is 2.40 bits per heavy atom. The number of hydrogen-bond acceptors (Lipinski definition) is 5. The zero-order chi connectivity index (χ0) is 21.3. The van der Waals surface area contributed by atoms with Crippen LogP contribution >= 0.6 is 0 Å². The number of aryl methyl sites for hydroxylation is 1. The predicted octanol–water partition coefficient (Wildman–Crippen LogP) is 2.11. The van der Waals surface area contributed by atoms with Gasteiger partial charge in [0.15, 0.2) is 11.7 Å². The third-order valence-corrected chi connectivity index (χ3v) is 5.22. The number of methoxy groups -OCH3 is 1. The number of nitrogens with zero attached hydrogens (tertiary/aromatic N) is 3. The normalized spacial score (nSPS) is 14.6. The largest absolute Gasteiger partial charge is 0.497 e. The first-order chi connectivity index (χ1) is 14.6. The Morgan fingerprint density at radius 1 is 1.10 bits per heavy atom. The molecule has 0 saturated carbocycles. The number of ether oxygens (including phenoxy) is 1. The van der Waals surface area contributed by atoms with Crippen LogP contribution in [0.4, 0.5) is 5.69 Å². The molecule has 0 aliphatic carbocycles. The number of guanidine groups is 1. The predicted molar refractivity (Wildman–Crippen MR) is 119 cm³/mol.